The van der Waals surface area contributed by atoms with E-state index in [-0.39, 0.29) is 0 Å². The second-order valence-electron chi connectivity index (χ2n) is 4.83. The molecule has 1 aliphatic carbocycles. The maximum atomic E-state index is 4.22. The number of likely N-dealkylation sites (N-methyl/N-ethyl adjacent to an activating group) is 1. The van der Waals surface area contributed by atoms with E-state index in [1.54, 1.807) is 0 Å². The van der Waals surface area contributed by atoms with Crippen LogP contribution in [0.3, 0.4) is 0 Å². The van der Waals surface area contributed by atoms with Gasteiger partial charge in [-0.15, -0.1) is 0 Å². The number of nitrogens with zero attached hydrogens (tertiary/aromatic N) is 3. The van der Waals surface area contributed by atoms with Gasteiger partial charge in [0.05, 0.1) is 17.6 Å². The zero-order valence-corrected chi connectivity index (χ0v) is 9.69. The molecule has 1 saturated carbocycles. The lowest BCUT2D eigenvalue weighted by Gasteiger charge is -2.18. The Morgan fingerprint density at radius 3 is 2.94 bits per heavy atom. The van der Waals surface area contributed by atoms with Gasteiger partial charge in [-0.05, 0) is 32.4 Å². The molecule has 16 heavy (non-hydrogen) atoms. The maximum Gasteiger partial charge on any atom is 0.0730 e. The van der Waals surface area contributed by atoms with Crippen molar-refractivity contribution in [3.8, 4) is 0 Å². The minimum atomic E-state index is 0.623. The van der Waals surface area contributed by atoms with E-state index in [4.69, 9.17) is 0 Å². The summed E-state index contributed by atoms with van der Waals surface area (Å²) in [6.07, 6.45) is 5.69. The normalized spacial score (nSPS) is 25.1. The standard InChI is InChI=1S/C12H18N4/c1-13-10-4-5-16(8-10)11-6-12(9-2-3-9)15-14-7-11/h6-7,9-10,13H,2-5,8H2,1H3/t10-/m0/s1. The zero-order valence-electron chi connectivity index (χ0n) is 9.69. The van der Waals surface area contributed by atoms with Gasteiger partial charge in [-0.2, -0.15) is 10.2 Å². The second kappa shape index (κ2) is 4.01. The molecule has 1 aromatic heterocycles. The van der Waals surface area contributed by atoms with Gasteiger partial charge >= 0.3 is 0 Å². The molecule has 0 radical (unpaired) electrons. The van der Waals surface area contributed by atoms with Crippen molar-refractivity contribution < 1.29 is 0 Å². The lowest BCUT2D eigenvalue weighted by molar-refractivity contribution is 0.617. The summed E-state index contributed by atoms with van der Waals surface area (Å²) in [6, 6.07) is 2.85. The maximum absolute atomic E-state index is 4.22. The summed E-state index contributed by atoms with van der Waals surface area (Å²) in [5.74, 6) is 0.690. The molecule has 2 aliphatic rings. The fraction of sp³-hybridized carbons (Fsp3) is 0.667. The topological polar surface area (TPSA) is 41.0 Å². The Labute approximate surface area is 96.1 Å². The first kappa shape index (κ1) is 10.0. The molecule has 0 bridgehead atoms. The molecule has 1 N–H and O–H groups in total. The van der Waals surface area contributed by atoms with Gasteiger partial charge in [0.1, 0.15) is 0 Å². The third-order valence-electron chi connectivity index (χ3n) is 3.62. The lowest BCUT2D eigenvalue weighted by Crippen LogP contribution is -2.29. The van der Waals surface area contributed by atoms with Crippen LogP contribution in [-0.2, 0) is 0 Å². The van der Waals surface area contributed by atoms with Crippen molar-refractivity contribution in [3.63, 3.8) is 0 Å². The number of anilines is 1. The van der Waals surface area contributed by atoms with Crippen molar-refractivity contribution >= 4 is 5.69 Å². The van der Waals surface area contributed by atoms with Crippen LogP contribution in [0.15, 0.2) is 12.3 Å². The Morgan fingerprint density at radius 1 is 1.38 bits per heavy atom. The first-order valence-electron chi connectivity index (χ1n) is 6.11. The number of hydrogen-bond acceptors (Lipinski definition) is 4. The monoisotopic (exact) mass is 218 g/mol. The van der Waals surface area contributed by atoms with E-state index in [2.05, 4.69) is 26.5 Å². The molecule has 1 aromatic rings. The van der Waals surface area contributed by atoms with Gasteiger partial charge in [0, 0.05) is 25.0 Å². The Hall–Kier alpha value is -1.16. The van der Waals surface area contributed by atoms with Crippen molar-refractivity contribution in [2.24, 2.45) is 0 Å². The fourth-order valence-corrected chi connectivity index (χ4v) is 2.35. The Balaban J connectivity index is 1.76. The third-order valence-corrected chi connectivity index (χ3v) is 3.62. The van der Waals surface area contributed by atoms with Crippen LogP contribution in [0.5, 0.6) is 0 Å². The number of rotatable bonds is 3. The predicted molar refractivity (Wildman–Crippen MR) is 63.7 cm³/mol. The molecule has 0 unspecified atom stereocenters. The predicted octanol–water partition coefficient (Wildman–Crippen LogP) is 1.15. The molecular formula is C12H18N4. The first-order valence-corrected chi connectivity index (χ1v) is 6.11. The van der Waals surface area contributed by atoms with Crippen LogP contribution < -0.4 is 10.2 Å². The molecule has 0 amide bonds. The van der Waals surface area contributed by atoms with Crippen LogP contribution in [0, 0.1) is 0 Å². The number of hydrogen-bond donors (Lipinski definition) is 1. The molecular weight excluding hydrogens is 200 g/mol. The van der Waals surface area contributed by atoms with Gasteiger partial charge in [0.25, 0.3) is 0 Å². The Bertz CT molecular complexity index is 375. The van der Waals surface area contributed by atoms with Crippen LogP contribution in [0.25, 0.3) is 0 Å². The molecule has 4 nitrogen and oxygen atoms in total. The zero-order chi connectivity index (χ0) is 11.0. The van der Waals surface area contributed by atoms with Crippen molar-refractivity contribution in [3.05, 3.63) is 18.0 Å². The first-order chi connectivity index (χ1) is 7.86. The highest BCUT2D eigenvalue weighted by Gasteiger charge is 2.27. The van der Waals surface area contributed by atoms with Crippen LogP contribution >= 0.6 is 0 Å². The van der Waals surface area contributed by atoms with Gasteiger partial charge in [0.2, 0.25) is 0 Å². The molecule has 86 valence electrons. The third kappa shape index (κ3) is 1.89. The van der Waals surface area contributed by atoms with Gasteiger partial charge in [-0.1, -0.05) is 0 Å². The molecule has 1 atom stereocenters. The van der Waals surface area contributed by atoms with E-state index in [0.717, 1.165) is 13.1 Å². The molecule has 2 heterocycles. The van der Waals surface area contributed by atoms with E-state index in [9.17, 15) is 0 Å². The smallest absolute Gasteiger partial charge is 0.0730 e. The largest absolute Gasteiger partial charge is 0.369 e. The SMILES string of the molecule is CN[C@H]1CCN(c2cnnc(C3CC3)c2)C1. The van der Waals surface area contributed by atoms with Gasteiger partial charge in [0.15, 0.2) is 0 Å². The fourth-order valence-electron chi connectivity index (χ4n) is 2.35. The Kier molecular flexibility index (Phi) is 2.52. The van der Waals surface area contributed by atoms with Gasteiger partial charge in [-0.25, -0.2) is 0 Å². The highest BCUT2D eigenvalue weighted by atomic mass is 15.2. The van der Waals surface area contributed by atoms with Crippen LogP contribution in [0.1, 0.15) is 30.9 Å². The van der Waals surface area contributed by atoms with Crippen molar-refractivity contribution in [2.45, 2.75) is 31.2 Å². The number of nitrogens with one attached hydrogen (secondary N) is 1. The molecule has 0 aromatic carbocycles. The molecule has 2 fully saturated rings. The van der Waals surface area contributed by atoms with Crippen LogP contribution in [-0.4, -0.2) is 36.4 Å². The summed E-state index contributed by atoms with van der Waals surface area (Å²) < 4.78 is 0. The lowest BCUT2D eigenvalue weighted by atomic mass is 10.2. The average Bonchev–Trinajstić information content (AvgIpc) is 3.07. The summed E-state index contributed by atoms with van der Waals surface area (Å²) in [5, 5.41) is 11.7. The minimum Gasteiger partial charge on any atom is -0.369 e. The van der Waals surface area contributed by atoms with Crippen molar-refractivity contribution in [1.82, 2.24) is 15.5 Å². The molecule has 3 rings (SSSR count). The minimum absolute atomic E-state index is 0.623. The second-order valence-corrected chi connectivity index (χ2v) is 4.83. The summed E-state index contributed by atoms with van der Waals surface area (Å²) >= 11 is 0. The average molecular weight is 218 g/mol. The van der Waals surface area contributed by atoms with Crippen LogP contribution in [0.2, 0.25) is 0 Å². The molecule has 4 heteroatoms. The Morgan fingerprint density at radius 2 is 2.25 bits per heavy atom. The van der Waals surface area contributed by atoms with Gasteiger partial charge in [-0.3, -0.25) is 0 Å². The van der Waals surface area contributed by atoms with E-state index in [1.165, 1.54) is 30.6 Å². The van der Waals surface area contributed by atoms with E-state index in [0.29, 0.717) is 12.0 Å². The number of aromatic nitrogens is 2. The van der Waals surface area contributed by atoms with Crippen molar-refractivity contribution in [1.29, 1.82) is 0 Å². The van der Waals surface area contributed by atoms with Gasteiger partial charge < -0.3 is 10.2 Å². The highest BCUT2D eigenvalue weighted by molar-refractivity contribution is 5.47. The quantitative estimate of drug-likeness (QED) is 0.826. The highest BCUT2D eigenvalue weighted by Crippen LogP contribution is 2.39. The summed E-state index contributed by atoms with van der Waals surface area (Å²) in [4.78, 5) is 2.40. The van der Waals surface area contributed by atoms with Crippen LogP contribution in [0.4, 0.5) is 5.69 Å². The molecule has 1 aliphatic heterocycles. The summed E-state index contributed by atoms with van der Waals surface area (Å²) in [5.41, 5.74) is 2.43. The van der Waals surface area contributed by atoms with E-state index in [1.807, 2.05) is 13.2 Å². The van der Waals surface area contributed by atoms with E-state index >= 15 is 0 Å². The van der Waals surface area contributed by atoms with Crippen molar-refractivity contribution in [2.75, 3.05) is 25.0 Å². The van der Waals surface area contributed by atoms with E-state index < -0.39 is 0 Å². The summed E-state index contributed by atoms with van der Waals surface area (Å²) in [6.45, 7) is 2.22. The summed E-state index contributed by atoms with van der Waals surface area (Å²) in [7, 11) is 2.04. The molecule has 0 spiro atoms. The molecule has 1 saturated heterocycles.